The summed E-state index contributed by atoms with van der Waals surface area (Å²) >= 11 is 3.19. The Bertz CT molecular complexity index is 768. The van der Waals surface area contributed by atoms with Gasteiger partial charge in [-0.1, -0.05) is 12.1 Å². The van der Waals surface area contributed by atoms with E-state index in [0.29, 0.717) is 21.5 Å². The van der Waals surface area contributed by atoms with E-state index in [0.717, 1.165) is 0 Å². The lowest BCUT2D eigenvalue weighted by molar-refractivity contribution is 0.104. The average molecular weight is 379 g/mol. The van der Waals surface area contributed by atoms with Crippen LogP contribution >= 0.6 is 15.9 Å². The van der Waals surface area contributed by atoms with E-state index >= 15 is 0 Å². The summed E-state index contributed by atoms with van der Waals surface area (Å²) in [7, 11) is 2.90. The Kier molecular flexibility index (Phi) is 5.28. The molecule has 0 fully saturated rings. The molecule has 2 aromatic carbocycles. The zero-order valence-electron chi connectivity index (χ0n) is 12.5. The van der Waals surface area contributed by atoms with Gasteiger partial charge < -0.3 is 19.7 Å². The molecule has 2 N–H and O–H groups in total. The van der Waals surface area contributed by atoms with Crippen molar-refractivity contribution in [1.29, 1.82) is 0 Å². The second kappa shape index (κ2) is 7.19. The molecular weight excluding hydrogens is 364 g/mol. The Morgan fingerprint density at radius 3 is 2.48 bits per heavy atom. The van der Waals surface area contributed by atoms with E-state index in [9.17, 15) is 15.0 Å². The fraction of sp³-hybridized carbons (Fsp3) is 0.118. The monoisotopic (exact) mass is 378 g/mol. The van der Waals surface area contributed by atoms with Crippen LogP contribution in [0.5, 0.6) is 23.0 Å². The summed E-state index contributed by atoms with van der Waals surface area (Å²) < 4.78 is 10.4. The molecule has 0 saturated carbocycles. The molecule has 5 nitrogen and oxygen atoms in total. The molecule has 0 aliphatic carbocycles. The van der Waals surface area contributed by atoms with Gasteiger partial charge in [-0.3, -0.25) is 4.79 Å². The van der Waals surface area contributed by atoms with Gasteiger partial charge in [0.1, 0.15) is 11.5 Å². The summed E-state index contributed by atoms with van der Waals surface area (Å²) in [4.78, 5) is 12.3. The minimum absolute atomic E-state index is 0.0245. The lowest BCUT2D eigenvalue weighted by Gasteiger charge is -2.07. The normalized spacial score (nSPS) is 10.7. The molecule has 0 aliphatic heterocycles. The van der Waals surface area contributed by atoms with Gasteiger partial charge in [-0.25, -0.2) is 0 Å². The van der Waals surface area contributed by atoms with Gasteiger partial charge in [0.2, 0.25) is 0 Å². The van der Waals surface area contributed by atoms with E-state index < -0.39 is 0 Å². The highest BCUT2D eigenvalue weighted by molar-refractivity contribution is 9.10. The van der Waals surface area contributed by atoms with Crippen molar-refractivity contribution in [3.63, 3.8) is 0 Å². The van der Waals surface area contributed by atoms with Crippen molar-refractivity contribution >= 4 is 27.8 Å². The number of methoxy groups -OCH3 is 2. The first kappa shape index (κ1) is 16.9. The molecule has 6 heteroatoms. The summed E-state index contributed by atoms with van der Waals surface area (Å²) in [5.74, 6) is 0.343. The molecule has 0 heterocycles. The predicted molar refractivity (Wildman–Crippen MR) is 90.4 cm³/mol. The number of hydrogen-bond donors (Lipinski definition) is 2. The molecule has 0 spiro atoms. The molecule has 0 bridgehead atoms. The molecule has 0 aromatic heterocycles. The molecule has 23 heavy (non-hydrogen) atoms. The highest BCUT2D eigenvalue weighted by atomic mass is 79.9. The van der Waals surface area contributed by atoms with E-state index in [-0.39, 0.29) is 22.8 Å². The third-order valence-electron chi connectivity index (χ3n) is 3.16. The van der Waals surface area contributed by atoms with Crippen molar-refractivity contribution in [3.05, 3.63) is 52.0 Å². The van der Waals surface area contributed by atoms with Gasteiger partial charge in [0.05, 0.1) is 18.7 Å². The van der Waals surface area contributed by atoms with Crippen LogP contribution in [0.3, 0.4) is 0 Å². The van der Waals surface area contributed by atoms with Crippen LogP contribution in [-0.2, 0) is 0 Å². The van der Waals surface area contributed by atoms with Gasteiger partial charge in [0.25, 0.3) is 0 Å². The van der Waals surface area contributed by atoms with E-state index in [2.05, 4.69) is 15.9 Å². The molecule has 0 aliphatic rings. The molecule has 120 valence electrons. The lowest BCUT2D eigenvalue weighted by atomic mass is 10.1. The van der Waals surface area contributed by atoms with Gasteiger partial charge in [0, 0.05) is 11.6 Å². The number of aromatic hydroxyl groups is 2. The molecule has 2 rings (SSSR count). The molecule has 0 saturated heterocycles. The number of halogens is 1. The van der Waals surface area contributed by atoms with E-state index in [4.69, 9.17) is 9.47 Å². The van der Waals surface area contributed by atoms with Crippen molar-refractivity contribution in [2.75, 3.05) is 14.2 Å². The molecule has 0 atom stereocenters. The predicted octanol–water partition coefficient (Wildman–Crippen LogP) is 3.77. The first-order valence-corrected chi connectivity index (χ1v) is 7.41. The van der Waals surface area contributed by atoms with Crippen LogP contribution in [0.2, 0.25) is 0 Å². The van der Waals surface area contributed by atoms with Crippen molar-refractivity contribution in [2.24, 2.45) is 0 Å². The van der Waals surface area contributed by atoms with Crippen molar-refractivity contribution < 1.29 is 24.5 Å². The van der Waals surface area contributed by atoms with Crippen LogP contribution in [-0.4, -0.2) is 30.2 Å². The number of ketones is 1. The van der Waals surface area contributed by atoms with E-state index in [1.165, 1.54) is 38.5 Å². The van der Waals surface area contributed by atoms with Crippen LogP contribution in [0.1, 0.15) is 15.9 Å². The number of rotatable bonds is 5. The van der Waals surface area contributed by atoms with E-state index in [1.807, 2.05) is 0 Å². The summed E-state index contributed by atoms with van der Waals surface area (Å²) in [5, 5.41) is 19.3. The molecule has 0 amide bonds. The highest BCUT2D eigenvalue weighted by Crippen LogP contribution is 2.33. The van der Waals surface area contributed by atoms with Gasteiger partial charge in [-0.15, -0.1) is 0 Å². The Morgan fingerprint density at radius 2 is 1.83 bits per heavy atom. The minimum Gasteiger partial charge on any atom is -0.507 e. The van der Waals surface area contributed by atoms with Gasteiger partial charge in [0.15, 0.2) is 17.3 Å². The number of ether oxygens (including phenoxy) is 2. The largest absolute Gasteiger partial charge is 0.507 e. The standard InChI is InChI=1S/C17H15BrO5/c1-22-11-8-12(17(18)15(21)9-11)13(19)5-3-10-4-6-14(20)16(7-10)23-2/h3-9,20-21H,1-2H3/b5-3+. The van der Waals surface area contributed by atoms with Crippen LogP contribution < -0.4 is 9.47 Å². The fourth-order valence-corrected chi connectivity index (χ4v) is 2.36. The Morgan fingerprint density at radius 1 is 1.09 bits per heavy atom. The molecule has 2 aromatic rings. The van der Waals surface area contributed by atoms with Gasteiger partial charge in [-0.05, 0) is 45.8 Å². The second-order valence-corrected chi connectivity index (χ2v) is 5.43. The van der Waals surface area contributed by atoms with E-state index in [1.54, 1.807) is 18.2 Å². The van der Waals surface area contributed by atoms with Gasteiger partial charge in [-0.2, -0.15) is 0 Å². The number of phenols is 2. The average Bonchev–Trinajstić information content (AvgIpc) is 2.56. The number of benzene rings is 2. The highest BCUT2D eigenvalue weighted by Gasteiger charge is 2.13. The first-order valence-electron chi connectivity index (χ1n) is 6.62. The Hall–Kier alpha value is -2.47. The smallest absolute Gasteiger partial charge is 0.187 e. The zero-order chi connectivity index (χ0) is 17.0. The molecule has 0 radical (unpaired) electrons. The number of allylic oxidation sites excluding steroid dienone is 1. The summed E-state index contributed by atoms with van der Waals surface area (Å²) in [6, 6.07) is 7.69. The Labute approximate surface area is 141 Å². The summed E-state index contributed by atoms with van der Waals surface area (Å²) in [6.07, 6.45) is 2.96. The maximum atomic E-state index is 12.3. The zero-order valence-corrected chi connectivity index (χ0v) is 14.1. The maximum absolute atomic E-state index is 12.3. The maximum Gasteiger partial charge on any atom is 0.187 e. The number of carbonyl (C=O) groups is 1. The quantitative estimate of drug-likeness (QED) is 0.611. The minimum atomic E-state index is -0.307. The second-order valence-electron chi connectivity index (χ2n) is 4.64. The van der Waals surface area contributed by atoms with Crippen LogP contribution in [0, 0.1) is 0 Å². The van der Waals surface area contributed by atoms with Gasteiger partial charge >= 0.3 is 0 Å². The summed E-state index contributed by atoms with van der Waals surface area (Å²) in [6.45, 7) is 0. The van der Waals surface area contributed by atoms with Crippen LogP contribution in [0.15, 0.2) is 40.9 Å². The van der Waals surface area contributed by atoms with Crippen molar-refractivity contribution in [1.82, 2.24) is 0 Å². The van der Waals surface area contributed by atoms with Crippen LogP contribution in [0.25, 0.3) is 6.08 Å². The third kappa shape index (κ3) is 3.84. The first-order chi connectivity index (χ1) is 11.0. The van der Waals surface area contributed by atoms with Crippen molar-refractivity contribution in [3.8, 4) is 23.0 Å². The third-order valence-corrected chi connectivity index (χ3v) is 3.99. The van der Waals surface area contributed by atoms with Crippen molar-refractivity contribution in [2.45, 2.75) is 0 Å². The molecule has 0 unspecified atom stereocenters. The number of hydrogen-bond acceptors (Lipinski definition) is 5. The topological polar surface area (TPSA) is 76.0 Å². The Balaban J connectivity index is 2.30. The number of phenolic OH excluding ortho intramolecular Hbond substituents is 2. The number of carbonyl (C=O) groups excluding carboxylic acids is 1. The molecular formula is C17H15BrO5. The SMILES string of the molecule is COc1cc(O)c(Br)c(C(=O)/C=C/c2ccc(O)c(OC)c2)c1. The van der Waals surface area contributed by atoms with Crippen LogP contribution in [0.4, 0.5) is 0 Å². The fourth-order valence-electron chi connectivity index (χ4n) is 1.94. The summed E-state index contributed by atoms with van der Waals surface area (Å²) in [5.41, 5.74) is 0.972. The lowest BCUT2D eigenvalue weighted by Crippen LogP contribution is -1.97.